The molecule has 1 rings (SSSR count). The Morgan fingerprint density at radius 1 is 0.821 bits per heavy atom. The predicted molar refractivity (Wildman–Crippen MR) is 100.0 cm³/mol. The molecule has 1 aromatic rings. The number of carbonyl (C=O) groups excluding carboxylic acids is 3. The van der Waals surface area contributed by atoms with E-state index in [4.69, 9.17) is 23.7 Å². The van der Waals surface area contributed by atoms with Gasteiger partial charge in [0.2, 0.25) is 0 Å². The summed E-state index contributed by atoms with van der Waals surface area (Å²) in [7, 11) is 0. The summed E-state index contributed by atoms with van der Waals surface area (Å²) in [4.78, 5) is 33.7. The van der Waals surface area contributed by atoms with Gasteiger partial charge in [-0.1, -0.05) is 19.2 Å². The molecule has 0 unspecified atom stereocenters. The molecule has 28 heavy (non-hydrogen) atoms. The van der Waals surface area contributed by atoms with Gasteiger partial charge in [-0.2, -0.15) is 0 Å². The highest BCUT2D eigenvalue weighted by Crippen LogP contribution is 2.14. The average Bonchev–Trinajstić information content (AvgIpc) is 2.72. The van der Waals surface area contributed by atoms with Crippen LogP contribution >= 0.6 is 0 Å². The standard InChI is InChI=1S/C20H24O8/c1-3-18(21)26-9-6-10-28-20(23)16-7-5-8-17(15-16)25-13-11-24-12-14-27-19(22)4-2/h3-5,7-8,15H,1-2,6,9-14H2. The molecule has 0 fully saturated rings. The Kier molecular flexibility index (Phi) is 11.4. The first-order valence-electron chi connectivity index (χ1n) is 8.63. The summed E-state index contributed by atoms with van der Waals surface area (Å²) in [6, 6.07) is 6.55. The molecule has 0 aliphatic carbocycles. The molecule has 0 atom stereocenters. The fourth-order valence-electron chi connectivity index (χ4n) is 1.83. The normalized spacial score (nSPS) is 9.86. The number of carbonyl (C=O) groups is 3. The van der Waals surface area contributed by atoms with E-state index in [1.807, 2.05) is 0 Å². The van der Waals surface area contributed by atoms with Gasteiger partial charge < -0.3 is 23.7 Å². The first-order valence-corrected chi connectivity index (χ1v) is 8.63. The largest absolute Gasteiger partial charge is 0.491 e. The van der Waals surface area contributed by atoms with Gasteiger partial charge in [-0.3, -0.25) is 0 Å². The number of ether oxygens (including phenoxy) is 5. The SMILES string of the molecule is C=CC(=O)OCCCOC(=O)c1cccc(OCCOCCOC(=O)C=C)c1. The van der Waals surface area contributed by atoms with Gasteiger partial charge in [0.1, 0.15) is 19.0 Å². The highest BCUT2D eigenvalue weighted by atomic mass is 16.6. The third kappa shape index (κ3) is 10.1. The number of esters is 3. The average molecular weight is 392 g/mol. The predicted octanol–water partition coefficient (Wildman–Crippen LogP) is 2.09. The van der Waals surface area contributed by atoms with Crippen LogP contribution in [0.2, 0.25) is 0 Å². The molecule has 0 aliphatic rings. The van der Waals surface area contributed by atoms with E-state index in [1.54, 1.807) is 24.3 Å². The van der Waals surface area contributed by atoms with Crippen molar-refractivity contribution in [3.05, 3.63) is 55.1 Å². The van der Waals surface area contributed by atoms with E-state index in [1.165, 1.54) is 0 Å². The Balaban J connectivity index is 2.22. The second-order valence-corrected chi connectivity index (χ2v) is 5.22. The summed E-state index contributed by atoms with van der Waals surface area (Å²) < 4.78 is 25.4. The van der Waals surface area contributed by atoms with Crippen LogP contribution in [-0.2, 0) is 28.5 Å². The van der Waals surface area contributed by atoms with E-state index < -0.39 is 17.9 Å². The molecule has 0 radical (unpaired) electrons. The van der Waals surface area contributed by atoms with Gasteiger partial charge in [0.15, 0.2) is 0 Å². The van der Waals surface area contributed by atoms with Crippen molar-refractivity contribution in [3.63, 3.8) is 0 Å². The van der Waals surface area contributed by atoms with E-state index in [0.717, 1.165) is 12.2 Å². The highest BCUT2D eigenvalue weighted by Gasteiger charge is 2.08. The molecule has 0 bridgehead atoms. The van der Waals surface area contributed by atoms with Gasteiger partial charge in [0, 0.05) is 18.6 Å². The van der Waals surface area contributed by atoms with Gasteiger partial charge >= 0.3 is 17.9 Å². The maximum Gasteiger partial charge on any atom is 0.338 e. The van der Waals surface area contributed by atoms with Crippen LogP contribution in [0.4, 0.5) is 0 Å². The van der Waals surface area contributed by atoms with Crippen LogP contribution in [0.25, 0.3) is 0 Å². The van der Waals surface area contributed by atoms with E-state index in [2.05, 4.69) is 13.2 Å². The molecular formula is C20H24O8. The van der Waals surface area contributed by atoms with E-state index in [9.17, 15) is 14.4 Å². The lowest BCUT2D eigenvalue weighted by atomic mass is 10.2. The molecule has 152 valence electrons. The summed E-state index contributed by atoms with van der Waals surface area (Å²) in [6.07, 6.45) is 2.54. The minimum atomic E-state index is -0.516. The zero-order valence-corrected chi connectivity index (χ0v) is 15.6. The highest BCUT2D eigenvalue weighted by molar-refractivity contribution is 5.89. The molecule has 1 aromatic carbocycles. The van der Waals surface area contributed by atoms with E-state index in [0.29, 0.717) is 24.3 Å². The Labute approximate surface area is 163 Å². The molecule has 0 aliphatic heterocycles. The summed E-state index contributed by atoms with van der Waals surface area (Å²) in [5.74, 6) is -1.02. The van der Waals surface area contributed by atoms with Crippen molar-refractivity contribution in [3.8, 4) is 5.75 Å². The topological polar surface area (TPSA) is 97.4 Å². The van der Waals surface area contributed by atoms with Crippen LogP contribution in [0.5, 0.6) is 5.75 Å². The smallest absolute Gasteiger partial charge is 0.338 e. The molecule has 8 heteroatoms. The molecule has 0 saturated carbocycles. The minimum Gasteiger partial charge on any atom is -0.491 e. The number of hydrogen-bond acceptors (Lipinski definition) is 8. The Morgan fingerprint density at radius 3 is 2.18 bits per heavy atom. The lowest BCUT2D eigenvalue weighted by molar-refractivity contribution is -0.139. The Bertz CT molecular complexity index is 668. The molecule has 8 nitrogen and oxygen atoms in total. The summed E-state index contributed by atoms with van der Waals surface area (Å²) in [6.45, 7) is 7.79. The van der Waals surface area contributed by atoms with Gasteiger partial charge in [-0.15, -0.1) is 0 Å². The van der Waals surface area contributed by atoms with Gasteiger partial charge in [-0.25, -0.2) is 14.4 Å². The fourth-order valence-corrected chi connectivity index (χ4v) is 1.83. The second kappa shape index (κ2) is 14.0. The molecule has 0 heterocycles. The Hall–Kier alpha value is -3.13. The molecule has 0 amide bonds. The van der Waals surface area contributed by atoms with Crippen molar-refractivity contribution in [2.75, 3.05) is 39.6 Å². The molecule has 0 saturated heterocycles. The zero-order valence-electron chi connectivity index (χ0n) is 15.6. The van der Waals surface area contributed by atoms with Crippen molar-refractivity contribution in [1.82, 2.24) is 0 Å². The van der Waals surface area contributed by atoms with Crippen molar-refractivity contribution < 1.29 is 38.1 Å². The van der Waals surface area contributed by atoms with Gasteiger partial charge in [0.05, 0.1) is 32.0 Å². The number of hydrogen-bond donors (Lipinski definition) is 0. The lowest BCUT2D eigenvalue weighted by Crippen LogP contribution is -2.13. The molecule has 0 spiro atoms. The zero-order chi connectivity index (χ0) is 20.6. The first-order chi connectivity index (χ1) is 13.6. The van der Waals surface area contributed by atoms with Crippen LogP contribution in [0.1, 0.15) is 16.8 Å². The van der Waals surface area contributed by atoms with Crippen LogP contribution < -0.4 is 4.74 Å². The minimum absolute atomic E-state index is 0.124. The maximum atomic E-state index is 12.0. The quantitative estimate of drug-likeness (QED) is 0.205. The summed E-state index contributed by atoms with van der Waals surface area (Å²) >= 11 is 0. The molecule has 0 aromatic heterocycles. The van der Waals surface area contributed by atoms with Crippen LogP contribution in [0.15, 0.2) is 49.6 Å². The third-order valence-corrected chi connectivity index (χ3v) is 3.14. The van der Waals surface area contributed by atoms with E-state index >= 15 is 0 Å². The number of benzene rings is 1. The maximum absolute atomic E-state index is 12.0. The van der Waals surface area contributed by atoms with E-state index in [-0.39, 0.29) is 33.0 Å². The molecular weight excluding hydrogens is 368 g/mol. The van der Waals surface area contributed by atoms with Gasteiger partial charge in [-0.05, 0) is 18.2 Å². The molecule has 0 N–H and O–H groups in total. The van der Waals surface area contributed by atoms with Crippen molar-refractivity contribution in [2.24, 2.45) is 0 Å². The third-order valence-electron chi connectivity index (χ3n) is 3.14. The summed E-state index contributed by atoms with van der Waals surface area (Å²) in [5.41, 5.74) is 0.345. The summed E-state index contributed by atoms with van der Waals surface area (Å²) in [5, 5.41) is 0. The second-order valence-electron chi connectivity index (χ2n) is 5.22. The lowest BCUT2D eigenvalue weighted by Gasteiger charge is -2.09. The van der Waals surface area contributed by atoms with Crippen molar-refractivity contribution in [1.29, 1.82) is 0 Å². The van der Waals surface area contributed by atoms with Crippen LogP contribution in [-0.4, -0.2) is 57.5 Å². The van der Waals surface area contributed by atoms with Crippen LogP contribution in [0, 0.1) is 0 Å². The van der Waals surface area contributed by atoms with Crippen molar-refractivity contribution in [2.45, 2.75) is 6.42 Å². The monoisotopic (exact) mass is 392 g/mol. The first kappa shape index (κ1) is 22.9. The fraction of sp³-hybridized carbons (Fsp3) is 0.350. The van der Waals surface area contributed by atoms with Gasteiger partial charge in [0.25, 0.3) is 0 Å². The number of rotatable bonds is 14. The Morgan fingerprint density at radius 2 is 1.46 bits per heavy atom. The van der Waals surface area contributed by atoms with Crippen LogP contribution in [0.3, 0.4) is 0 Å². The van der Waals surface area contributed by atoms with Crippen molar-refractivity contribution >= 4 is 17.9 Å².